The molecule has 0 radical (unpaired) electrons. The number of rotatable bonds is 5. The number of halogens is 1. The lowest BCUT2D eigenvalue weighted by Gasteiger charge is -2.23. The highest BCUT2D eigenvalue weighted by molar-refractivity contribution is 9.10. The Morgan fingerprint density at radius 1 is 1.53 bits per heavy atom. The average molecular weight is 338 g/mol. The summed E-state index contributed by atoms with van der Waals surface area (Å²) in [5.74, 6) is 0.351. The summed E-state index contributed by atoms with van der Waals surface area (Å²) in [4.78, 5) is 0. The molecule has 1 aromatic rings. The van der Waals surface area contributed by atoms with Gasteiger partial charge in [-0.2, -0.15) is 4.31 Å². The van der Waals surface area contributed by atoms with Gasteiger partial charge in [0.05, 0.1) is 0 Å². The zero-order valence-corrected chi connectivity index (χ0v) is 13.1. The minimum atomic E-state index is -3.32. The van der Waals surface area contributed by atoms with Crippen LogP contribution in [0.2, 0.25) is 0 Å². The molecule has 1 aromatic heterocycles. The van der Waals surface area contributed by atoms with E-state index < -0.39 is 10.0 Å². The monoisotopic (exact) mass is 337 g/mol. The van der Waals surface area contributed by atoms with Gasteiger partial charge < -0.3 is 0 Å². The minimum Gasteiger partial charge on any atom is -0.206 e. The predicted octanol–water partition coefficient (Wildman–Crippen LogP) is 3.32. The Kier molecular flexibility index (Phi) is 3.97. The maximum absolute atomic E-state index is 12.5. The lowest BCUT2D eigenvalue weighted by molar-refractivity contribution is 0.361. The van der Waals surface area contributed by atoms with Crippen LogP contribution in [-0.4, -0.2) is 25.3 Å². The van der Waals surface area contributed by atoms with E-state index in [1.54, 1.807) is 15.8 Å². The number of nitrogens with zero attached hydrogens (tertiary/aromatic N) is 1. The Balaban J connectivity index is 2.32. The topological polar surface area (TPSA) is 37.4 Å². The van der Waals surface area contributed by atoms with E-state index in [1.165, 1.54) is 11.3 Å². The molecule has 3 nitrogen and oxygen atoms in total. The third-order valence-corrected chi connectivity index (χ3v) is 7.19. The summed E-state index contributed by atoms with van der Waals surface area (Å²) in [7, 11) is -3.32. The van der Waals surface area contributed by atoms with Crippen LogP contribution in [0.4, 0.5) is 0 Å². The summed E-state index contributed by atoms with van der Waals surface area (Å²) in [6, 6.07) is 2.01. The Morgan fingerprint density at radius 3 is 2.59 bits per heavy atom. The van der Waals surface area contributed by atoms with E-state index in [4.69, 9.17) is 0 Å². The van der Waals surface area contributed by atoms with E-state index in [0.717, 1.165) is 12.8 Å². The molecule has 1 aliphatic rings. The molecule has 6 heteroatoms. The highest BCUT2D eigenvalue weighted by Gasteiger charge is 2.39. The summed E-state index contributed by atoms with van der Waals surface area (Å²) in [5.41, 5.74) is 0. The van der Waals surface area contributed by atoms with Gasteiger partial charge in [0.15, 0.2) is 0 Å². The average Bonchev–Trinajstić information content (AvgIpc) is 2.96. The van der Waals surface area contributed by atoms with Crippen molar-refractivity contribution in [3.8, 4) is 0 Å². The normalized spacial score (nSPS) is 17.0. The van der Waals surface area contributed by atoms with Gasteiger partial charge in [-0.3, -0.25) is 0 Å². The molecule has 0 atom stereocenters. The Hall–Kier alpha value is 0.0900. The summed E-state index contributed by atoms with van der Waals surface area (Å²) in [5, 5.41) is 1.80. The zero-order chi connectivity index (χ0) is 12.6. The molecule has 0 unspecified atom stereocenters. The lowest BCUT2D eigenvalue weighted by atomic mass is 10.2. The molecule has 1 saturated carbocycles. The minimum absolute atomic E-state index is 0.219. The maximum atomic E-state index is 12.5. The molecule has 1 fully saturated rings. The standard InChI is InChI=1S/C11H16BrNO2S2/c1-8(2)7-13(9-3-4-9)17(14,15)11-10(12)5-6-16-11/h5-6,8-9H,3-4,7H2,1-2H3. The van der Waals surface area contributed by atoms with E-state index in [1.807, 2.05) is 13.8 Å². The fraction of sp³-hybridized carbons (Fsp3) is 0.636. The van der Waals surface area contributed by atoms with Crippen molar-refractivity contribution in [1.29, 1.82) is 0 Å². The Morgan fingerprint density at radius 2 is 2.18 bits per heavy atom. The second kappa shape index (κ2) is 4.99. The highest BCUT2D eigenvalue weighted by atomic mass is 79.9. The molecule has 0 N–H and O–H groups in total. The van der Waals surface area contributed by atoms with E-state index in [9.17, 15) is 8.42 Å². The molecule has 0 aliphatic heterocycles. The van der Waals surface area contributed by atoms with Crippen LogP contribution in [0.15, 0.2) is 20.1 Å². The van der Waals surface area contributed by atoms with Crippen LogP contribution in [0.5, 0.6) is 0 Å². The first-order chi connectivity index (χ1) is 7.93. The van der Waals surface area contributed by atoms with Crippen LogP contribution in [-0.2, 0) is 10.0 Å². The van der Waals surface area contributed by atoms with Gasteiger partial charge in [-0.05, 0) is 46.1 Å². The van der Waals surface area contributed by atoms with Crippen molar-refractivity contribution in [2.24, 2.45) is 5.92 Å². The van der Waals surface area contributed by atoms with Gasteiger partial charge in [-0.1, -0.05) is 13.8 Å². The molecule has 0 saturated heterocycles. The molecular weight excluding hydrogens is 322 g/mol. The van der Waals surface area contributed by atoms with Gasteiger partial charge in [-0.15, -0.1) is 11.3 Å². The summed E-state index contributed by atoms with van der Waals surface area (Å²) in [6.07, 6.45) is 1.99. The smallest absolute Gasteiger partial charge is 0.206 e. The molecule has 96 valence electrons. The summed E-state index contributed by atoms with van der Waals surface area (Å²) < 4.78 is 27.9. The molecule has 0 spiro atoms. The molecule has 1 aliphatic carbocycles. The molecule has 0 bridgehead atoms. The molecule has 0 amide bonds. The van der Waals surface area contributed by atoms with Crippen LogP contribution < -0.4 is 0 Å². The predicted molar refractivity (Wildman–Crippen MR) is 73.8 cm³/mol. The van der Waals surface area contributed by atoms with Crippen molar-refractivity contribution >= 4 is 37.3 Å². The number of thiophene rings is 1. The first-order valence-corrected chi connectivity index (χ1v) is 8.79. The first-order valence-electron chi connectivity index (χ1n) is 5.67. The second-order valence-corrected chi connectivity index (χ2v) is 8.61. The molecule has 1 heterocycles. The second-order valence-electron chi connectivity index (χ2n) is 4.76. The first kappa shape index (κ1) is 13.5. The van der Waals surface area contributed by atoms with E-state index >= 15 is 0 Å². The van der Waals surface area contributed by atoms with Crippen molar-refractivity contribution < 1.29 is 8.42 Å². The molecular formula is C11H16BrNO2S2. The Labute approximate surface area is 115 Å². The zero-order valence-electron chi connectivity index (χ0n) is 9.89. The fourth-order valence-electron chi connectivity index (χ4n) is 1.74. The van der Waals surface area contributed by atoms with Crippen LogP contribution >= 0.6 is 27.3 Å². The fourth-order valence-corrected chi connectivity index (χ4v) is 6.01. The Bertz CT molecular complexity index is 491. The van der Waals surface area contributed by atoms with Crippen molar-refractivity contribution in [1.82, 2.24) is 4.31 Å². The number of hydrogen-bond acceptors (Lipinski definition) is 3. The molecule has 2 rings (SSSR count). The SMILES string of the molecule is CC(C)CN(C1CC1)S(=O)(=O)c1sccc1Br. The van der Waals surface area contributed by atoms with Crippen molar-refractivity contribution in [2.45, 2.75) is 36.9 Å². The van der Waals surface area contributed by atoms with Crippen molar-refractivity contribution in [3.05, 3.63) is 15.9 Å². The van der Waals surface area contributed by atoms with Crippen LogP contribution in [0, 0.1) is 5.92 Å². The molecule has 17 heavy (non-hydrogen) atoms. The lowest BCUT2D eigenvalue weighted by Crippen LogP contribution is -2.35. The van der Waals surface area contributed by atoms with E-state index in [2.05, 4.69) is 15.9 Å². The highest BCUT2D eigenvalue weighted by Crippen LogP contribution is 2.37. The largest absolute Gasteiger partial charge is 0.253 e. The third kappa shape index (κ3) is 2.92. The van der Waals surface area contributed by atoms with Gasteiger partial charge in [-0.25, -0.2) is 8.42 Å². The van der Waals surface area contributed by atoms with Crippen LogP contribution in [0.25, 0.3) is 0 Å². The van der Waals surface area contributed by atoms with Gasteiger partial charge in [0.25, 0.3) is 10.0 Å². The van der Waals surface area contributed by atoms with Gasteiger partial charge in [0, 0.05) is 17.1 Å². The summed E-state index contributed by atoms with van der Waals surface area (Å²) in [6.45, 7) is 4.71. The van der Waals surface area contributed by atoms with Crippen molar-refractivity contribution in [2.75, 3.05) is 6.54 Å². The number of sulfonamides is 1. The van der Waals surface area contributed by atoms with Gasteiger partial charge in [0.1, 0.15) is 4.21 Å². The van der Waals surface area contributed by atoms with Gasteiger partial charge in [0.2, 0.25) is 0 Å². The van der Waals surface area contributed by atoms with Gasteiger partial charge >= 0.3 is 0 Å². The maximum Gasteiger partial charge on any atom is 0.253 e. The van der Waals surface area contributed by atoms with Crippen LogP contribution in [0.3, 0.4) is 0 Å². The van der Waals surface area contributed by atoms with Crippen molar-refractivity contribution in [3.63, 3.8) is 0 Å². The number of hydrogen-bond donors (Lipinski definition) is 0. The summed E-state index contributed by atoms with van der Waals surface area (Å²) >= 11 is 4.59. The van der Waals surface area contributed by atoms with E-state index in [-0.39, 0.29) is 6.04 Å². The quantitative estimate of drug-likeness (QED) is 0.826. The van der Waals surface area contributed by atoms with Crippen LogP contribution in [0.1, 0.15) is 26.7 Å². The molecule has 0 aromatic carbocycles. The third-order valence-electron chi connectivity index (χ3n) is 2.63. The van der Waals surface area contributed by atoms with E-state index in [0.29, 0.717) is 21.1 Å².